The molecular formula is C55H33N3O3Si. The van der Waals surface area contributed by atoms with E-state index in [0.29, 0.717) is 0 Å². The van der Waals surface area contributed by atoms with Crippen LogP contribution in [0.4, 0.5) is 17.1 Å². The van der Waals surface area contributed by atoms with E-state index in [1.165, 1.54) is 37.1 Å². The van der Waals surface area contributed by atoms with Crippen LogP contribution >= 0.6 is 0 Å². The molecule has 4 aliphatic heterocycles. The Morgan fingerprint density at radius 3 is 1.45 bits per heavy atom. The molecule has 0 spiro atoms. The van der Waals surface area contributed by atoms with Crippen molar-refractivity contribution in [2.75, 3.05) is 4.90 Å². The molecule has 290 valence electrons. The number of benzene rings is 9. The Bertz CT molecular complexity index is 3720. The average Bonchev–Trinajstić information content (AvgIpc) is 3.83. The summed E-state index contributed by atoms with van der Waals surface area (Å²) >= 11 is 0. The van der Waals surface area contributed by atoms with Crippen molar-refractivity contribution in [1.82, 2.24) is 9.13 Å². The Kier molecular flexibility index (Phi) is 6.04. The second-order valence-electron chi connectivity index (χ2n) is 16.9. The molecule has 6 nitrogen and oxygen atoms in total. The zero-order valence-electron chi connectivity index (χ0n) is 33.4. The number of hydrogen-bond acceptors (Lipinski definition) is 4. The van der Waals surface area contributed by atoms with Crippen molar-refractivity contribution in [2.45, 2.75) is 6.92 Å². The van der Waals surface area contributed by atoms with E-state index in [4.69, 9.17) is 14.2 Å². The summed E-state index contributed by atoms with van der Waals surface area (Å²) in [5.41, 5.74) is 10.8. The zero-order valence-corrected chi connectivity index (χ0v) is 34.4. The minimum absolute atomic E-state index is 0.817. The first-order chi connectivity index (χ1) is 30.6. The fourth-order valence-corrected chi connectivity index (χ4v) is 16.9. The third-order valence-electron chi connectivity index (χ3n) is 13.7. The minimum atomic E-state index is -3.24. The van der Waals surface area contributed by atoms with E-state index in [2.05, 4.69) is 203 Å². The van der Waals surface area contributed by atoms with Gasteiger partial charge in [-0.1, -0.05) is 109 Å². The molecule has 0 aliphatic carbocycles. The highest BCUT2D eigenvalue weighted by molar-refractivity contribution is 7.23. The number of hydrogen-bond donors (Lipinski definition) is 0. The minimum Gasteiger partial charge on any atom is -0.457 e. The molecule has 4 aliphatic rings. The maximum atomic E-state index is 7.54. The molecule has 0 fully saturated rings. The van der Waals surface area contributed by atoms with Crippen LogP contribution in [-0.2, 0) is 0 Å². The lowest BCUT2D eigenvalue weighted by Gasteiger charge is -2.51. The van der Waals surface area contributed by atoms with Gasteiger partial charge in [0.25, 0.3) is 0 Å². The molecule has 0 radical (unpaired) electrons. The van der Waals surface area contributed by atoms with Crippen LogP contribution in [0.15, 0.2) is 182 Å². The highest BCUT2D eigenvalue weighted by Gasteiger charge is 2.60. The van der Waals surface area contributed by atoms with Gasteiger partial charge in [-0.2, -0.15) is 0 Å². The molecule has 62 heavy (non-hydrogen) atoms. The van der Waals surface area contributed by atoms with Crippen molar-refractivity contribution in [3.63, 3.8) is 0 Å². The van der Waals surface area contributed by atoms with Gasteiger partial charge in [-0.25, -0.2) is 0 Å². The Morgan fingerprint density at radius 1 is 0.371 bits per heavy atom. The van der Waals surface area contributed by atoms with Gasteiger partial charge in [0.15, 0.2) is 11.5 Å². The maximum absolute atomic E-state index is 7.54. The lowest BCUT2D eigenvalue weighted by Crippen LogP contribution is -2.79. The van der Waals surface area contributed by atoms with Gasteiger partial charge in [-0.15, -0.1) is 0 Å². The van der Waals surface area contributed by atoms with Crippen molar-refractivity contribution >= 4 is 89.5 Å². The van der Waals surface area contributed by atoms with E-state index < -0.39 is 8.07 Å². The Labute approximate surface area is 356 Å². The predicted molar refractivity (Wildman–Crippen MR) is 252 cm³/mol. The highest BCUT2D eigenvalue weighted by atomic mass is 28.3. The Balaban J connectivity index is 1.11. The number of aromatic nitrogens is 2. The van der Waals surface area contributed by atoms with Crippen molar-refractivity contribution < 1.29 is 14.2 Å². The van der Waals surface area contributed by atoms with E-state index in [9.17, 15) is 0 Å². The quantitative estimate of drug-likeness (QED) is 0.167. The van der Waals surface area contributed by atoms with E-state index in [1.54, 1.807) is 0 Å². The normalized spacial score (nSPS) is 15.9. The van der Waals surface area contributed by atoms with Gasteiger partial charge in [-0.05, 0) is 72.3 Å². The van der Waals surface area contributed by atoms with Crippen LogP contribution < -0.4 is 39.9 Å². The molecule has 1 unspecified atom stereocenters. The summed E-state index contributed by atoms with van der Waals surface area (Å²) in [5.74, 6) is 5.00. The monoisotopic (exact) mass is 811 g/mol. The topological polar surface area (TPSA) is 40.8 Å². The maximum Gasteiger partial charge on any atom is 0.202 e. The number of para-hydroxylation sites is 4. The number of ether oxygens (including phenoxy) is 3. The third-order valence-corrected chi connectivity index (χ3v) is 18.6. The number of fused-ring (bicyclic) bond motifs is 9. The number of nitrogens with zero attached hydrogens (tertiary/aromatic N) is 3. The van der Waals surface area contributed by atoms with Crippen LogP contribution in [0, 0.1) is 6.92 Å². The molecule has 1 atom stereocenters. The lowest BCUT2D eigenvalue weighted by atomic mass is 10.1. The molecule has 0 saturated carbocycles. The highest BCUT2D eigenvalue weighted by Crippen LogP contribution is 2.57. The number of rotatable bonds is 3. The van der Waals surface area contributed by atoms with Crippen molar-refractivity contribution in [3.8, 4) is 45.9 Å². The molecule has 0 N–H and O–H groups in total. The first-order valence-corrected chi connectivity index (χ1v) is 23.2. The van der Waals surface area contributed by atoms with Crippen LogP contribution in [0.2, 0.25) is 0 Å². The largest absolute Gasteiger partial charge is 0.457 e. The Hall–Kier alpha value is -8.00. The third kappa shape index (κ3) is 3.91. The van der Waals surface area contributed by atoms with Crippen molar-refractivity contribution in [2.24, 2.45) is 0 Å². The van der Waals surface area contributed by atoms with E-state index in [0.717, 1.165) is 95.8 Å². The summed E-state index contributed by atoms with van der Waals surface area (Å²) in [4.78, 5) is 2.44. The molecule has 0 amide bonds. The summed E-state index contributed by atoms with van der Waals surface area (Å²) in [6.45, 7) is 2.12. The van der Waals surface area contributed by atoms with E-state index >= 15 is 0 Å². The fraction of sp³-hybridized carbons (Fsp3) is 0.0182. The summed E-state index contributed by atoms with van der Waals surface area (Å²) in [6, 6.07) is 65.9. The molecule has 0 bridgehead atoms. The smallest absolute Gasteiger partial charge is 0.202 e. The molecule has 15 rings (SSSR count). The lowest BCUT2D eigenvalue weighted by molar-refractivity contribution is 0.456. The molecule has 11 aromatic rings. The van der Waals surface area contributed by atoms with Gasteiger partial charge >= 0.3 is 0 Å². The standard InChI is InChI=1S/C55H33N3O3Si/c1-32-23-24-44-48(27-32)59-46-25-26-47-55-52(46)58(44)45-28-33(56-40-19-9-5-15-36(40)37-16-6-10-20-41(37)56)29-49-53(45)62(55,35-13-3-2-4-14-35)54-50(60-47)30-34(31-51(54)61-49)57-42-21-11-7-17-38(42)39-18-8-12-22-43(39)57/h2-31H,1H3. The number of aryl methyl sites for hydroxylation is 1. The summed E-state index contributed by atoms with van der Waals surface area (Å²) in [6.07, 6.45) is 0. The molecule has 2 aromatic heterocycles. The number of anilines is 3. The average molecular weight is 812 g/mol. The van der Waals surface area contributed by atoms with Crippen LogP contribution in [0.3, 0.4) is 0 Å². The van der Waals surface area contributed by atoms with Crippen LogP contribution in [0.25, 0.3) is 55.0 Å². The van der Waals surface area contributed by atoms with Crippen LogP contribution in [-0.4, -0.2) is 17.2 Å². The van der Waals surface area contributed by atoms with Crippen molar-refractivity contribution in [3.05, 3.63) is 188 Å². The van der Waals surface area contributed by atoms with Gasteiger partial charge in [0.2, 0.25) is 8.07 Å². The van der Waals surface area contributed by atoms with Gasteiger partial charge in [0, 0.05) is 55.3 Å². The van der Waals surface area contributed by atoms with Gasteiger partial charge in [0.1, 0.15) is 23.0 Å². The van der Waals surface area contributed by atoms with Crippen LogP contribution in [0.5, 0.6) is 34.5 Å². The van der Waals surface area contributed by atoms with Crippen LogP contribution in [0.1, 0.15) is 5.56 Å². The van der Waals surface area contributed by atoms with Crippen molar-refractivity contribution in [1.29, 1.82) is 0 Å². The van der Waals surface area contributed by atoms with E-state index in [1.807, 2.05) is 0 Å². The summed E-state index contributed by atoms with van der Waals surface area (Å²) < 4.78 is 26.5. The second-order valence-corrected chi connectivity index (χ2v) is 20.5. The van der Waals surface area contributed by atoms with Gasteiger partial charge in [-0.3, -0.25) is 0 Å². The molecule has 7 heteroatoms. The first-order valence-electron chi connectivity index (χ1n) is 21.2. The summed E-state index contributed by atoms with van der Waals surface area (Å²) in [7, 11) is -3.24. The molecule has 6 heterocycles. The SMILES string of the molecule is Cc1ccc2c(c1)Oc1ccc3c4c1N2c1cc(-n2c5ccccc5c5ccccc52)cc2c1[Si]4(c1ccccc1)c1c(cc(-n4c5ccccc5c5ccccc54)cc1O3)O2. The molecule has 9 aromatic carbocycles. The Morgan fingerprint density at radius 2 is 0.855 bits per heavy atom. The first kappa shape index (κ1) is 32.8. The van der Waals surface area contributed by atoms with E-state index in [-0.39, 0.29) is 0 Å². The fourth-order valence-electron chi connectivity index (χ4n) is 11.4. The van der Waals surface area contributed by atoms with Gasteiger partial charge < -0.3 is 28.2 Å². The zero-order chi connectivity index (χ0) is 40.4. The van der Waals surface area contributed by atoms with Gasteiger partial charge in [0.05, 0.1) is 50.5 Å². The summed E-state index contributed by atoms with van der Waals surface area (Å²) in [5, 5.41) is 9.64. The second kappa shape index (κ2) is 11.4. The molecular weight excluding hydrogens is 779 g/mol. The predicted octanol–water partition coefficient (Wildman–Crippen LogP) is 11.7. The molecule has 0 saturated heterocycles.